The number of halogens is 2. The van der Waals surface area contributed by atoms with E-state index in [9.17, 15) is 9.18 Å². The maximum absolute atomic E-state index is 14.5. The maximum atomic E-state index is 14.5. The molecule has 1 N–H and O–H groups in total. The van der Waals surface area contributed by atoms with Gasteiger partial charge in [0, 0.05) is 28.5 Å². The number of carbonyl (C=O) groups excluding carboxylic acids is 1. The van der Waals surface area contributed by atoms with Crippen LogP contribution >= 0.6 is 11.6 Å². The van der Waals surface area contributed by atoms with Gasteiger partial charge in [0.25, 0.3) is 5.95 Å². The third-order valence-corrected chi connectivity index (χ3v) is 5.51. The topological polar surface area (TPSA) is 85.6 Å². The zero-order valence-corrected chi connectivity index (χ0v) is 17.1. The third-order valence-electron chi connectivity index (χ3n) is 5.26. The van der Waals surface area contributed by atoms with Crippen LogP contribution < -0.4 is 5.32 Å². The number of carbonyl (C=O) groups is 1. The quantitative estimate of drug-likeness (QED) is 0.519. The third kappa shape index (κ3) is 3.44. The predicted octanol–water partition coefficient (Wildman–Crippen LogP) is 4.30. The van der Waals surface area contributed by atoms with Crippen LogP contribution in [0.5, 0.6) is 0 Å². The van der Waals surface area contributed by atoms with Gasteiger partial charge in [0.05, 0.1) is 17.6 Å². The summed E-state index contributed by atoms with van der Waals surface area (Å²) in [5.74, 6) is -0.416. The summed E-state index contributed by atoms with van der Waals surface area (Å²) in [7, 11) is 0. The van der Waals surface area contributed by atoms with Crippen LogP contribution in [0.2, 0.25) is 5.02 Å². The highest BCUT2D eigenvalue weighted by molar-refractivity contribution is 6.30. The second-order valence-electron chi connectivity index (χ2n) is 7.23. The van der Waals surface area contributed by atoms with E-state index in [0.717, 1.165) is 11.1 Å². The molecule has 0 aliphatic carbocycles. The number of amides is 1. The first kappa shape index (κ1) is 19.3. The van der Waals surface area contributed by atoms with Crippen LogP contribution in [0.25, 0.3) is 17.2 Å². The molecule has 7 nitrogen and oxygen atoms in total. The average molecular weight is 435 g/mol. The van der Waals surface area contributed by atoms with Gasteiger partial charge in [-0.1, -0.05) is 41.9 Å². The van der Waals surface area contributed by atoms with Gasteiger partial charge in [0.15, 0.2) is 0 Å². The van der Waals surface area contributed by atoms with E-state index >= 15 is 0 Å². The summed E-state index contributed by atoms with van der Waals surface area (Å²) in [5, 5.41) is 16.2. The fourth-order valence-corrected chi connectivity index (χ4v) is 3.98. The Hall–Kier alpha value is -3.65. The minimum atomic E-state index is -0.453. The Morgan fingerprint density at radius 3 is 2.71 bits per heavy atom. The van der Waals surface area contributed by atoms with Gasteiger partial charge >= 0.3 is 0 Å². The standard InChI is InChI=1S/C22H16ClFN6O/c1-12-20-16(15-4-2-3-5-17(15)24)10-19(31)27-21(20)30(29-12)22-26-18(11-25-28-22)13-6-8-14(23)9-7-13/h2-9,11,16H,10H2,1H3,(H,27,31)/t16-/m0/s1. The molecule has 9 heteroatoms. The summed E-state index contributed by atoms with van der Waals surface area (Å²) in [6.07, 6.45) is 1.67. The summed E-state index contributed by atoms with van der Waals surface area (Å²) in [5.41, 5.74) is 3.24. The van der Waals surface area contributed by atoms with Gasteiger partial charge in [-0.3, -0.25) is 4.79 Å². The molecular weight excluding hydrogens is 419 g/mol. The monoisotopic (exact) mass is 434 g/mol. The molecule has 2 aromatic heterocycles. The first-order chi connectivity index (χ1) is 15.0. The van der Waals surface area contributed by atoms with Crippen molar-refractivity contribution in [2.75, 3.05) is 5.32 Å². The molecule has 1 aliphatic heterocycles. The van der Waals surface area contributed by atoms with E-state index in [2.05, 4.69) is 25.6 Å². The van der Waals surface area contributed by atoms with Crippen molar-refractivity contribution >= 4 is 23.3 Å². The van der Waals surface area contributed by atoms with Gasteiger partial charge in [0.1, 0.15) is 11.6 Å². The fraction of sp³-hybridized carbons (Fsp3) is 0.136. The van der Waals surface area contributed by atoms with Gasteiger partial charge in [-0.25, -0.2) is 9.37 Å². The van der Waals surface area contributed by atoms with Crippen LogP contribution in [-0.4, -0.2) is 30.9 Å². The van der Waals surface area contributed by atoms with E-state index in [1.165, 1.54) is 16.9 Å². The second-order valence-corrected chi connectivity index (χ2v) is 7.67. The molecule has 1 amide bonds. The summed E-state index contributed by atoms with van der Waals surface area (Å²) in [6, 6.07) is 13.7. The molecule has 0 unspecified atom stereocenters. The molecule has 0 radical (unpaired) electrons. The van der Waals surface area contributed by atoms with Crippen LogP contribution in [0.15, 0.2) is 54.7 Å². The Morgan fingerprint density at radius 1 is 1.16 bits per heavy atom. The number of fused-ring (bicyclic) bond motifs is 1. The van der Waals surface area contributed by atoms with E-state index in [-0.39, 0.29) is 24.1 Å². The summed E-state index contributed by atoms with van der Waals surface area (Å²) < 4.78 is 16.0. The molecule has 1 aliphatic rings. The molecular formula is C22H16ClFN6O. The highest BCUT2D eigenvalue weighted by atomic mass is 35.5. The van der Waals surface area contributed by atoms with Crippen LogP contribution in [0, 0.1) is 12.7 Å². The van der Waals surface area contributed by atoms with Crippen LogP contribution in [0.1, 0.15) is 29.2 Å². The number of benzene rings is 2. The molecule has 4 aromatic rings. The van der Waals surface area contributed by atoms with Crippen molar-refractivity contribution in [1.29, 1.82) is 0 Å². The van der Waals surface area contributed by atoms with Crippen molar-refractivity contribution < 1.29 is 9.18 Å². The highest BCUT2D eigenvalue weighted by Gasteiger charge is 2.34. The number of aryl methyl sites for hydroxylation is 1. The van der Waals surface area contributed by atoms with E-state index in [1.807, 2.05) is 19.1 Å². The number of nitrogens with zero attached hydrogens (tertiary/aromatic N) is 5. The van der Waals surface area contributed by atoms with Crippen molar-refractivity contribution in [2.24, 2.45) is 0 Å². The Balaban J connectivity index is 1.63. The van der Waals surface area contributed by atoms with Gasteiger partial charge < -0.3 is 5.32 Å². The van der Waals surface area contributed by atoms with Gasteiger partial charge in [0.2, 0.25) is 5.91 Å². The lowest BCUT2D eigenvalue weighted by atomic mass is 9.85. The highest BCUT2D eigenvalue weighted by Crippen LogP contribution is 2.40. The van der Waals surface area contributed by atoms with E-state index in [0.29, 0.717) is 27.8 Å². The summed E-state index contributed by atoms with van der Waals surface area (Å²) in [6.45, 7) is 1.82. The maximum Gasteiger partial charge on any atom is 0.272 e. The number of hydrogen-bond acceptors (Lipinski definition) is 5. The van der Waals surface area contributed by atoms with E-state index in [1.54, 1.807) is 30.3 Å². The lowest BCUT2D eigenvalue weighted by Crippen LogP contribution is -2.25. The largest absolute Gasteiger partial charge is 0.310 e. The molecule has 0 bridgehead atoms. The first-order valence-corrected chi connectivity index (χ1v) is 9.99. The number of aromatic nitrogens is 5. The van der Waals surface area contributed by atoms with Gasteiger partial charge in [-0.2, -0.15) is 14.9 Å². The molecule has 31 heavy (non-hydrogen) atoms. The van der Waals surface area contributed by atoms with Gasteiger partial charge in [-0.05, 0) is 30.7 Å². The number of hydrogen-bond donors (Lipinski definition) is 1. The fourth-order valence-electron chi connectivity index (χ4n) is 3.86. The smallest absolute Gasteiger partial charge is 0.272 e. The molecule has 0 saturated heterocycles. The Labute approximate surface area is 181 Å². The van der Waals surface area contributed by atoms with Crippen LogP contribution in [-0.2, 0) is 4.79 Å². The minimum absolute atomic E-state index is 0.129. The van der Waals surface area contributed by atoms with Crippen molar-refractivity contribution in [1.82, 2.24) is 25.0 Å². The van der Waals surface area contributed by atoms with Crippen LogP contribution in [0.4, 0.5) is 10.2 Å². The summed E-state index contributed by atoms with van der Waals surface area (Å²) in [4.78, 5) is 17.1. The first-order valence-electron chi connectivity index (χ1n) is 9.61. The average Bonchev–Trinajstić information content (AvgIpc) is 3.10. The Bertz CT molecular complexity index is 1300. The zero-order valence-electron chi connectivity index (χ0n) is 16.4. The number of rotatable bonds is 3. The molecule has 0 fully saturated rings. The number of nitrogens with one attached hydrogen (secondary N) is 1. The van der Waals surface area contributed by atoms with Crippen molar-refractivity contribution in [3.63, 3.8) is 0 Å². The lowest BCUT2D eigenvalue weighted by molar-refractivity contribution is -0.116. The molecule has 3 heterocycles. The van der Waals surface area contributed by atoms with Crippen LogP contribution in [0.3, 0.4) is 0 Å². The number of anilines is 1. The lowest BCUT2D eigenvalue weighted by Gasteiger charge is -2.24. The second kappa shape index (κ2) is 7.55. The molecule has 154 valence electrons. The predicted molar refractivity (Wildman–Crippen MR) is 114 cm³/mol. The molecule has 5 rings (SSSR count). The Kier molecular flexibility index (Phi) is 4.71. The molecule has 0 saturated carbocycles. The van der Waals surface area contributed by atoms with E-state index in [4.69, 9.17) is 11.6 Å². The molecule has 2 aromatic carbocycles. The van der Waals surface area contributed by atoms with E-state index < -0.39 is 5.92 Å². The van der Waals surface area contributed by atoms with Crippen molar-refractivity contribution in [2.45, 2.75) is 19.3 Å². The zero-order chi connectivity index (χ0) is 21.5. The SMILES string of the molecule is Cc1nn(-c2nncc(-c3ccc(Cl)cc3)n2)c2c1[C@H](c1ccccc1F)CC(=O)N2. The minimum Gasteiger partial charge on any atom is -0.310 e. The van der Waals surface area contributed by atoms with Gasteiger partial charge in [-0.15, -0.1) is 5.10 Å². The molecule has 1 atom stereocenters. The van der Waals surface area contributed by atoms with Crippen molar-refractivity contribution in [3.05, 3.63) is 82.4 Å². The Morgan fingerprint density at radius 2 is 1.94 bits per heavy atom. The molecule has 0 spiro atoms. The van der Waals surface area contributed by atoms with Crippen molar-refractivity contribution in [3.8, 4) is 17.2 Å². The summed E-state index contributed by atoms with van der Waals surface area (Å²) >= 11 is 5.97. The normalized spacial score (nSPS) is 15.5.